The highest BCUT2D eigenvalue weighted by Gasteiger charge is 2.45. The van der Waals surface area contributed by atoms with Gasteiger partial charge in [0.1, 0.15) is 0 Å². The molecule has 0 unspecified atom stereocenters. The summed E-state index contributed by atoms with van der Waals surface area (Å²) in [6.45, 7) is 8.45. The number of hydrogen-bond donors (Lipinski definition) is 2. The summed E-state index contributed by atoms with van der Waals surface area (Å²) in [5.41, 5.74) is -0.552. The van der Waals surface area contributed by atoms with Crippen LogP contribution in [0.15, 0.2) is 0 Å². The van der Waals surface area contributed by atoms with Gasteiger partial charge in [0.05, 0.1) is 19.3 Å². The minimum atomic E-state index is -0.276. The number of hydrogen-bond acceptors (Lipinski definition) is 4. The van der Waals surface area contributed by atoms with Crippen molar-refractivity contribution in [1.29, 1.82) is 0 Å². The molecule has 1 heterocycles. The molecule has 0 radical (unpaired) electrons. The summed E-state index contributed by atoms with van der Waals surface area (Å²) in [5.74, 6) is 0. The number of rotatable bonds is 3. The fourth-order valence-electron chi connectivity index (χ4n) is 2.52. The third kappa shape index (κ3) is 2.91. The quantitative estimate of drug-likeness (QED) is 0.750. The molecule has 0 aromatic heterocycles. The van der Waals surface area contributed by atoms with Crippen LogP contribution in [0.25, 0.3) is 0 Å². The number of aliphatic hydroxyl groups excluding tert-OH is 1. The van der Waals surface area contributed by atoms with Crippen molar-refractivity contribution in [2.75, 3.05) is 13.2 Å². The van der Waals surface area contributed by atoms with Gasteiger partial charge >= 0.3 is 0 Å². The van der Waals surface area contributed by atoms with E-state index in [0.717, 1.165) is 12.8 Å². The summed E-state index contributed by atoms with van der Waals surface area (Å²) in [7, 11) is 0. The molecule has 0 saturated carbocycles. The van der Waals surface area contributed by atoms with Crippen LogP contribution in [-0.2, 0) is 4.74 Å². The zero-order valence-corrected chi connectivity index (χ0v) is 10.2. The van der Waals surface area contributed by atoms with Crippen LogP contribution < -0.4 is 0 Å². The predicted molar refractivity (Wildman–Crippen MR) is 57.8 cm³/mol. The monoisotopic (exact) mass is 217 g/mol. The summed E-state index contributed by atoms with van der Waals surface area (Å²) in [6, 6.07) is 0. The molecule has 0 atom stereocenters. The van der Waals surface area contributed by atoms with Crippen LogP contribution in [0.4, 0.5) is 0 Å². The van der Waals surface area contributed by atoms with Crippen LogP contribution in [0, 0.1) is 0 Å². The summed E-state index contributed by atoms with van der Waals surface area (Å²) < 4.78 is 5.56. The number of aliphatic hydroxyl groups is 1. The second kappa shape index (κ2) is 4.37. The second-order valence-corrected chi connectivity index (χ2v) is 5.56. The molecule has 1 saturated heterocycles. The molecule has 0 spiro atoms. The fourth-order valence-corrected chi connectivity index (χ4v) is 2.52. The standard InChI is InChI=1S/C11H23NO3/c1-10(2)7-9(15-6-5-13)8-11(3,4)12(10)14/h9,13-14H,5-8H2,1-4H3. The molecular weight excluding hydrogens is 194 g/mol. The minimum absolute atomic E-state index is 0.0558. The molecule has 90 valence electrons. The van der Waals surface area contributed by atoms with Gasteiger partial charge < -0.3 is 15.1 Å². The normalized spacial score (nSPS) is 26.8. The van der Waals surface area contributed by atoms with Crippen molar-refractivity contribution >= 4 is 0 Å². The Kier molecular flexibility index (Phi) is 3.76. The van der Waals surface area contributed by atoms with E-state index >= 15 is 0 Å². The number of piperidine rings is 1. The Morgan fingerprint density at radius 1 is 1.20 bits per heavy atom. The summed E-state index contributed by atoms with van der Waals surface area (Å²) >= 11 is 0. The topological polar surface area (TPSA) is 52.9 Å². The molecule has 4 heteroatoms. The van der Waals surface area contributed by atoms with E-state index in [4.69, 9.17) is 9.84 Å². The summed E-state index contributed by atoms with van der Waals surface area (Å²) in [6.07, 6.45) is 1.69. The average Bonchev–Trinajstić information content (AvgIpc) is 2.10. The first-order chi connectivity index (χ1) is 6.79. The van der Waals surface area contributed by atoms with Crippen molar-refractivity contribution in [2.45, 2.75) is 57.7 Å². The second-order valence-electron chi connectivity index (χ2n) is 5.56. The lowest BCUT2D eigenvalue weighted by Crippen LogP contribution is -2.60. The van der Waals surface area contributed by atoms with E-state index in [1.54, 1.807) is 0 Å². The molecule has 2 N–H and O–H groups in total. The van der Waals surface area contributed by atoms with Crippen molar-refractivity contribution in [3.05, 3.63) is 0 Å². The molecule has 0 bridgehead atoms. The molecule has 0 aliphatic carbocycles. The molecule has 0 amide bonds. The van der Waals surface area contributed by atoms with Crippen LogP contribution in [0.3, 0.4) is 0 Å². The van der Waals surface area contributed by atoms with E-state index < -0.39 is 0 Å². The highest BCUT2D eigenvalue weighted by molar-refractivity contribution is 4.96. The smallest absolute Gasteiger partial charge is 0.0701 e. The van der Waals surface area contributed by atoms with Gasteiger partial charge in [-0.15, -0.1) is 0 Å². The molecule has 0 aromatic carbocycles. The lowest BCUT2D eigenvalue weighted by Gasteiger charge is -2.51. The highest BCUT2D eigenvalue weighted by Crippen LogP contribution is 2.37. The van der Waals surface area contributed by atoms with E-state index in [2.05, 4.69) is 0 Å². The Bertz CT molecular complexity index is 198. The van der Waals surface area contributed by atoms with Crippen LogP contribution >= 0.6 is 0 Å². The van der Waals surface area contributed by atoms with Crippen molar-refractivity contribution in [1.82, 2.24) is 5.06 Å². The zero-order chi connectivity index (χ0) is 11.7. The largest absolute Gasteiger partial charge is 0.394 e. The van der Waals surface area contributed by atoms with Gasteiger partial charge in [0.25, 0.3) is 0 Å². The van der Waals surface area contributed by atoms with Crippen LogP contribution in [0.5, 0.6) is 0 Å². The minimum Gasteiger partial charge on any atom is -0.394 e. The average molecular weight is 217 g/mol. The van der Waals surface area contributed by atoms with E-state index in [1.165, 1.54) is 5.06 Å². The van der Waals surface area contributed by atoms with E-state index in [9.17, 15) is 5.21 Å². The molecule has 1 fully saturated rings. The fraction of sp³-hybridized carbons (Fsp3) is 1.00. The first-order valence-electron chi connectivity index (χ1n) is 5.51. The third-order valence-corrected chi connectivity index (χ3v) is 3.05. The van der Waals surface area contributed by atoms with Gasteiger partial charge in [-0.3, -0.25) is 0 Å². The van der Waals surface area contributed by atoms with Gasteiger partial charge in [-0.25, -0.2) is 0 Å². The van der Waals surface area contributed by atoms with Gasteiger partial charge in [-0.1, -0.05) is 0 Å². The van der Waals surface area contributed by atoms with E-state index in [1.807, 2.05) is 27.7 Å². The lowest BCUT2D eigenvalue weighted by molar-refractivity contribution is -0.261. The van der Waals surface area contributed by atoms with Crippen molar-refractivity contribution < 1.29 is 15.1 Å². The van der Waals surface area contributed by atoms with Gasteiger partial charge in [-0.2, -0.15) is 5.06 Å². The van der Waals surface area contributed by atoms with Crippen LogP contribution in [0.2, 0.25) is 0 Å². The van der Waals surface area contributed by atoms with Gasteiger partial charge in [0.15, 0.2) is 0 Å². The Balaban J connectivity index is 2.66. The molecule has 1 aliphatic heterocycles. The first-order valence-corrected chi connectivity index (χ1v) is 5.51. The highest BCUT2D eigenvalue weighted by atomic mass is 16.5. The first kappa shape index (κ1) is 12.9. The maximum atomic E-state index is 10.0. The Morgan fingerprint density at radius 3 is 2.07 bits per heavy atom. The molecule has 1 rings (SSSR count). The zero-order valence-electron chi connectivity index (χ0n) is 10.2. The number of hydroxylamine groups is 2. The third-order valence-electron chi connectivity index (χ3n) is 3.05. The van der Waals surface area contributed by atoms with Crippen LogP contribution in [0.1, 0.15) is 40.5 Å². The Labute approximate surface area is 91.8 Å². The van der Waals surface area contributed by atoms with Crippen LogP contribution in [-0.4, -0.2) is 45.8 Å². The molecular formula is C11H23NO3. The molecule has 15 heavy (non-hydrogen) atoms. The Morgan fingerprint density at radius 2 is 1.67 bits per heavy atom. The van der Waals surface area contributed by atoms with Crippen molar-refractivity contribution in [3.8, 4) is 0 Å². The lowest BCUT2D eigenvalue weighted by atomic mass is 9.80. The van der Waals surface area contributed by atoms with Gasteiger partial charge in [-0.05, 0) is 40.5 Å². The molecule has 1 aliphatic rings. The van der Waals surface area contributed by atoms with Crippen molar-refractivity contribution in [2.24, 2.45) is 0 Å². The van der Waals surface area contributed by atoms with Gasteiger partial charge in [0, 0.05) is 11.1 Å². The van der Waals surface area contributed by atoms with Gasteiger partial charge in [0.2, 0.25) is 0 Å². The Hall–Kier alpha value is -0.160. The number of nitrogens with zero attached hydrogens (tertiary/aromatic N) is 1. The predicted octanol–water partition coefficient (Wildman–Crippen LogP) is 1.41. The summed E-state index contributed by atoms with van der Waals surface area (Å²) in [4.78, 5) is 0. The maximum Gasteiger partial charge on any atom is 0.0701 e. The molecule has 4 nitrogen and oxygen atoms in total. The van der Waals surface area contributed by atoms with E-state index in [-0.39, 0.29) is 23.8 Å². The van der Waals surface area contributed by atoms with E-state index in [0.29, 0.717) is 6.61 Å². The van der Waals surface area contributed by atoms with Crippen molar-refractivity contribution in [3.63, 3.8) is 0 Å². The molecule has 0 aromatic rings. The SMILES string of the molecule is CC1(C)CC(OCCO)CC(C)(C)N1O. The maximum absolute atomic E-state index is 10.0. The number of ether oxygens (including phenoxy) is 1. The summed E-state index contributed by atoms with van der Waals surface area (Å²) in [5, 5.41) is 20.2.